The highest BCUT2D eigenvalue weighted by molar-refractivity contribution is 8.93. The van der Waals surface area contributed by atoms with E-state index in [1.54, 1.807) is 12.1 Å². The van der Waals surface area contributed by atoms with Crippen molar-refractivity contribution in [2.75, 3.05) is 12.4 Å². The zero-order valence-electron chi connectivity index (χ0n) is 13.0. The Morgan fingerprint density at radius 2 is 2.00 bits per heavy atom. The quantitative estimate of drug-likeness (QED) is 0.533. The molecule has 0 fully saturated rings. The van der Waals surface area contributed by atoms with Crippen molar-refractivity contribution in [1.29, 1.82) is 0 Å². The molecular formula is C17H15BrClFN2OS. The molecule has 3 nitrogen and oxygen atoms in total. The first-order valence-electron chi connectivity index (χ1n) is 6.89. The lowest BCUT2D eigenvalue weighted by atomic mass is 10.1. The van der Waals surface area contributed by atoms with Crippen molar-refractivity contribution >= 4 is 50.7 Å². The number of rotatable bonds is 4. The van der Waals surface area contributed by atoms with Crippen LogP contribution in [-0.2, 0) is 0 Å². The van der Waals surface area contributed by atoms with E-state index in [-0.39, 0.29) is 22.7 Å². The summed E-state index contributed by atoms with van der Waals surface area (Å²) < 4.78 is 18.7. The summed E-state index contributed by atoms with van der Waals surface area (Å²) >= 11 is 7.56. The smallest absolute Gasteiger partial charge is 0.187 e. The number of ether oxygens (including phenoxy) is 1. The highest BCUT2D eigenvalue weighted by Crippen LogP contribution is 2.30. The summed E-state index contributed by atoms with van der Waals surface area (Å²) in [6.45, 7) is 1.95. The molecule has 0 atom stereocenters. The molecule has 24 heavy (non-hydrogen) atoms. The normalized spacial score (nSPS) is 10.2. The van der Waals surface area contributed by atoms with Crippen LogP contribution in [0.4, 0.5) is 15.2 Å². The zero-order valence-corrected chi connectivity index (χ0v) is 16.3. The fourth-order valence-electron chi connectivity index (χ4n) is 2.08. The molecule has 0 amide bonds. The van der Waals surface area contributed by atoms with E-state index in [0.717, 1.165) is 16.4 Å². The van der Waals surface area contributed by atoms with Gasteiger partial charge in [-0.25, -0.2) is 9.37 Å². The molecule has 0 saturated carbocycles. The minimum Gasteiger partial charge on any atom is -0.494 e. The molecule has 1 heterocycles. The number of anilines is 2. The number of thiazole rings is 1. The molecule has 0 bridgehead atoms. The Bertz CT molecular complexity index is 856. The third-order valence-electron chi connectivity index (χ3n) is 3.37. The second-order valence-corrected chi connectivity index (χ2v) is 6.24. The number of methoxy groups -OCH3 is 1. The van der Waals surface area contributed by atoms with Gasteiger partial charge in [0.15, 0.2) is 16.7 Å². The predicted molar refractivity (Wildman–Crippen MR) is 104 cm³/mol. The Balaban J connectivity index is 0.00000208. The molecule has 3 aromatic rings. The maximum Gasteiger partial charge on any atom is 0.187 e. The number of nitrogens with one attached hydrogen (secondary N) is 1. The van der Waals surface area contributed by atoms with Gasteiger partial charge >= 0.3 is 0 Å². The first kappa shape index (κ1) is 18.7. The van der Waals surface area contributed by atoms with Crippen LogP contribution in [0, 0.1) is 12.7 Å². The van der Waals surface area contributed by atoms with Crippen molar-refractivity contribution in [3.05, 3.63) is 58.2 Å². The molecule has 7 heteroatoms. The van der Waals surface area contributed by atoms with Crippen molar-refractivity contribution in [2.24, 2.45) is 0 Å². The maximum absolute atomic E-state index is 13.8. The van der Waals surface area contributed by atoms with Crippen LogP contribution >= 0.6 is 39.9 Å². The van der Waals surface area contributed by atoms with Crippen LogP contribution in [-0.4, -0.2) is 12.1 Å². The van der Waals surface area contributed by atoms with Crippen LogP contribution in [0.1, 0.15) is 5.56 Å². The largest absolute Gasteiger partial charge is 0.494 e. The maximum atomic E-state index is 13.8. The van der Waals surface area contributed by atoms with Crippen LogP contribution in [0.3, 0.4) is 0 Å². The number of nitrogens with zero attached hydrogens (tertiary/aromatic N) is 1. The number of aryl methyl sites for hydroxylation is 1. The molecule has 2 aromatic carbocycles. The third kappa shape index (κ3) is 4.06. The molecular weight excluding hydrogens is 415 g/mol. The van der Waals surface area contributed by atoms with Gasteiger partial charge in [-0.05, 0) is 42.8 Å². The molecule has 0 spiro atoms. The lowest BCUT2D eigenvalue weighted by molar-refractivity contribution is 0.386. The van der Waals surface area contributed by atoms with Crippen molar-refractivity contribution in [3.8, 4) is 17.0 Å². The summed E-state index contributed by atoms with van der Waals surface area (Å²) in [5.74, 6) is -0.186. The first-order chi connectivity index (χ1) is 11.1. The second kappa shape index (κ2) is 7.96. The Morgan fingerprint density at radius 3 is 2.67 bits per heavy atom. The van der Waals surface area contributed by atoms with E-state index in [9.17, 15) is 4.39 Å². The average molecular weight is 430 g/mol. The van der Waals surface area contributed by atoms with Gasteiger partial charge in [-0.15, -0.1) is 28.3 Å². The molecule has 0 aliphatic carbocycles. The first-order valence-corrected chi connectivity index (χ1v) is 8.15. The van der Waals surface area contributed by atoms with E-state index >= 15 is 0 Å². The van der Waals surface area contributed by atoms with Gasteiger partial charge in [-0.2, -0.15) is 0 Å². The van der Waals surface area contributed by atoms with Gasteiger partial charge in [0.1, 0.15) is 0 Å². The predicted octanol–water partition coefficient (Wildman–Crippen LogP) is 6.24. The summed E-state index contributed by atoms with van der Waals surface area (Å²) in [6, 6.07) is 10.5. The number of aromatic nitrogens is 1. The molecule has 126 valence electrons. The number of halogens is 3. The Morgan fingerprint density at radius 1 is 1.21 bits per heavy atom. The summed E-state index contributed by atoms with van der Waals surface area (Å²) in [7, 11) is 1.44. The molecule has 1 aromatic heterocycles. The van der Waals surface area contributed by atoms with E-state index in [1.165, 1.54) is 24.5 Å². The highest BCUT2D eigenvalue weighted by atomic mass is 79.9. The Kier molecular flexibility index (Phi) is 6.21. The minimum absolute atomic E-state index is 0. The van der Waals surface area contributed by atoms with Crippen LogP contribution in [0.15, 0.2) is 41.8 Å². The molecule has 3 rings (SSSR count). The third-order valence-corrected chi connectivity index (χ3v) is 4.54. The topological polar surface area (TPSA) is 34.1 Å². The molecule has 0 saturated heterocycles. The summed E-state index contributed by atoms with van der Waals surface area (Å²) in [4.78, 5) is 4.48. The molecule has 0 aliphatic rings. The highest BCUT2D eigenvalue weighted by Gasteiger charge is 2.09. The van der Waals surface area contributed by atoms with Crippen molar-refractivity contribution < 1.29 is 9.13 Å². The standard InChI is InChI=1S/C17H14ClFN2OS.BrH/c1-10-3-5-12(8-13(10)18)20-17-21-15(9-23-17)11-4-6-16(22-2)14(19)7-11;/h3-9H,1-2H3,(H,20,21);1H. The van der Waals surface area contributed by atoms with Gasteiger partial charge in [0.25, 0.3) is 0 Å². The van der Waals surface area contributed by atoms with E-state index in [2.05, 4.69) is 10.3 Å². The van der Waals surface area contributed by atoms with E-state index in [4.69, 9.17) is 16.3 Å². The van der Waals surface area contributed by atoms with Gasteiger partial charge < -0.3 is 10.1 Å². The second-order valence-electron chi connectivity index (χ2n) is 4.98. The van der Waals surface area contributed by atoms with Crippen molar-refractivity contribution in [2.45, 2.75) is 6.92 Å². The van der Waals surface area contributed by atoms with Gasteiger partial charge in [-0.1, -0.05) is 17.7 Å². The van der Waals surface area contributed by atoms with E-state index in [0.29, 0.717) is 16.3 Å². The van der Waals surface area contributed by atoms with Gasteiger partial charge in [0.2, 0.25) is 0 Å². The van der Waals surface area contributed by atoms with Crippen LogP contribution in [0.25, 0.3) is 11.3 Å². The SMILES string of the molecule is Br.COc1ccc(-c2csc(Nc3ccc(C)c(Cl)c3)n2)cc1F. The number of hydrogen-bond acceptors (Lipinski definition) is 4. The summed E-state index contributed by atoms with van der Waals surface area (Å²) in [5, 5.41) is 6.49. The summed E-state index contributed by atoms with van der Waals surface area (Å²) in [6.07, 6.45) is 0. The molecule has 0 aliphatic heterocycles. The van der Waals surface area contributed by atoms with Gasteiger partial charge in [0.05, 0.1) is 12.8 Å². The van der Waals surface area contributed by atoms with Crippen LogP contribution in [0.2, 0.25) is 5.02 Å². The monoisotopic (exact) mass is 428 g/mol. The van der Waals surface area contributed by atoms with Crippen molar-refractivity contribution in [1.82, 2.24) is 4.98 Å². The fraction of sp³-hybridized carbons (Fsp3) is 0.118. The molecule has 0 unspecified atom stereocenters. The zero-order chi connectivity index (χ0) is 16.4. The molecule has 1 N–H and O–H groups in total. The Hall–Kier alpha value is -1.63. The lowest BCUT2D eigenvalue weighted by Gasteiger charge is -2.05. The van der Waals surface area contributed by atoms with E-state index < -0.39 is 5.82 Å². The minimum atomic E-state index is -0.405. The van der Waals surface area contributed by atoms with Crippen molar-refractivity contribution in [3.63, 3.8) is 0 Å². The average Bonchev–Trinajstić information content (AvgIpc) is 2.99. The van der Waals surface area contributed by atoms with Gasteiger partial charge in [0, 0.05) is 21.7 Å². The molecule has 0 radical (unpaired) electrons. The Labute approximate surface area is 159 Å². The fourth-order valence-corrected chi connectivity index (χ4v) is 3.00. The van der Waals surface area contributed by atoms with Crippen LogP contribution < -0.4 is 10.1 Å². The van der Waals surface area contributed by atoms with Crippen LogP contribution in [0.5, 0.6) is 5.75 Å². The lowest BCUT2D eigenvalue weighted by Crippen LogP contribution is -1.91. The summed E-state index contributed by atoms with van der Waals surface area (Å²) in [5.41, 5.74) is 3.29. The number of hydrogen-bond donors (Lipinski definition) is 1. The number of benzene rings is 2. The van der Waals surface area contributed by atoms with E-state index in [1.807, 2.05) is 30.5 Å². The van der Waals surface area contributed by atoms with Gasteiger partial charge in [-0.3, -0.25) is 0 Å².